The van der Waals surface area contributed by atoms with Crippen LogP contribution in [0, 0.1) is 5.41 Å². The van der Waals surface area contributed by atoms with E-state index in [1.165, 1.54) is 24.8 Å². The average molecular weight is 377 g/mol. The van der Waals surface area contributed by atoms with Gasteiger partial charge in [0.2, 0.25) is 0 Å². The van der Waals surface area contributed by atoms with Crippen LogP contribution >= 0.6 is 0 Å². The first-order chi connectivity index (χ1) is 13.6. The zero-order chi connectivity index (χ0) is 19.3. The summed E-state index contributed by atoms with van der Waals surface area (Å²) in [5, 5.41) is 0. The van der Waals surface area contributed by atoms with Crippen molar-refractivity contribution in [2.75, 3.05) is 7.05 Å². The van der Waals surface area contributed by atoms with Crippen LogP contribution in [0.15, 0.2) is 48.9 Å². The van der Waals surface area contributed by atoms with Gasteiger partial charge < -0.3 is 4.90 Å². The molecular formula is C23H28N4O. The van der Waals surface area contributed by atoms with E-state index in [0.29, 0.717) is 17.8 Å². The topological polar surface area (TPSA) is 49.3 Å². The summed E-state index contributed by atoms with van der Waals surface area (Å²) < 4.78 is 0. The second-order valence-corrected chi connectivity index (χ2v) is 8.97. The fourth-order valence-corrected chi connectivity index (χ4v) is 6.36. The van der Waals surface area contributed by atoms with Gasteiger partial charge >= 0.3 is 0 Å². The minimum atomic E-state index is 0.0471. The third-order valence-electron chi connectivity index (χ3n) is 7.58. The number of rotatable bonds is 3. The van der Waals surface area contributed by atoms with E-state index < -0.39 is 0 Å². The Hall–Kier alpha value is -2.27. The molecule has 2 saturated heterocycles. The number of likely N-dealkylation sites (N-methyl/N-ethyl adjacent to an activating group) is 1. The van der Waals surface area contributed by atoms with E-state index in [1.807, 2.05) is 0 Å². The Balaban J connectivity index is 1.58. The van der Waals surface area contributed by atoms with Gasteiger partial charge in [-0.25, -0.2) is 4.98 Å². The van der Waals surface area contributed by atoms with Crippen molar-refractivity contribution in [3.05, 3.63) is 60.2 Å². The van der Waals surface area contributed by atoms with Crippen molar-refractivity contribution >= 4 is 5.91 Å². The summed E-state index contributed by atoms with van der Waals surface area (Å²) in [6.45, 7) is 2.41. The SMILES string of the molecule is CN1[C@H]2CCC[C@H]3N(C(=O)c4cnccn4)[C@@H](Cc4ccccc4)[C@@H]1C[C@@]23C. The molecule has 1 aromatic heterocycles. The molecule has 3 aliphatic rings. The van der Waals surface area contributed by atoms with Crippen LogP contribution in [0.1, 0.15) is 48.7 Å². The number of likely N-dealkylation sites (tertiary alicyclic amines) is 2. The van der Waals surface area contributed by atoms with E-state index in [2.05, 4.69) is 64.1 Å². The van der Waals surface area contributed by atoms with Gasteiger partial charge in [-0.05, 0) is 44.7 Å². The number of fused-ring (bicyclic) bond motifs is 1. The maximum atomic E-state index is 13.7. The van der Waals surface area contributed by atoms with Gasteiger partial charge in [0, 0.05) is 35.9 Å². The first-order valence-electron chi connectivity index (χ1n) is 10.4. The number of piperidine rings is 1. The Bertz CT molecular complexity index is 857. The molecule has 1 amide bonds. The summed E-state index contributed by atoms with van der Waals surface area (Å²) >= 11 is 0. The van der Waals surface area contributed by atoms with Gasteiger partial charge in [-0.15, -0.1) is 0 Å². The van der Waals surface area contributed by atoms with Crippen molar-refractivity contribution in [1.29, 1.82) is 0 Å². The number of amides is 1. The zero-order valence-corrected chi connectivity index (χ0v) is 16.7. The molecule has 2 aliphatic heterocycles. The maximum Gasteiger partial charge on any atom is 0.274 e. The fraction of sp³-hybridized carbons (Fsp3) is 0.522. The van der Waals surface area contributed by atoms with Gasteiger partial charge in [-0.3, -0.25) is 14.7 Å². The van der Waals surface area contributed by atoms with Crippen molar-refractivity contribution in [2.24, 2.45) is 5.41 Å². The van der Waals surface area contributed by atoms with Gasteiger partial charge in [0.25, 0.3) is 5.91 Å². The molecule has 1 aliphatic carbocycles. The molecule has 5 nitrogen and oxygen atoms in total. The Morgan fingerprint density at radius 1 is 1.18 bits per heavy atom. The molecule has 5 atom stereocenters. The summed E-state index contributed by atoms with van der Waals surface area (Å²) in [4.78, 5) is 27.0. The van der Waals surface area contributed by atoms with Crippen molar-refractivity contribution in [2.45, 2.75) is 63.2 Å². The van der Waals surface area contributed by atoms with Crippen molar-refractivity contribution in [1.82, 2.24) is 19.8 Å². The normalized spacial score (nSPS) is 34.4. The standard InChI is InChI=1S/C23H28N4O/c1-23-14-19-18(13-16-7-4-3-5-8-16)27(22(28)17-15-24-11-12-25-17)21(23)10-6-9-20(23)26(19)2/h3-5,7-8,11-12,15,18-21H,6,9-10,13-14H2,1-2H3/t18-,19-,20-,21+,23-/m0/s1. The smallest absolute Gasteiger partial charge is 0.274 e. The molecule has 1 aromatic carbocycles. The summed E-state index contributed by atoms with van der Waals surface area (Å²) in [7, 11) is 2.28. The average Bonchev–Trinajstić information content (AvgIpc) is 3.00. The van der Waals surface area contributed by atoms with E-state index in [0.717, 1.165) is 12.8 Å². The molecule has 0 radical (unpaired) electrons. The van der Waals surface area contributed by atoms with Crippen LogP contribution in [0.5, 0.6) is 0 Å². The molecular weight excluding hydrogens is 348 g/mol. The third kappa shape index (κ3) is 2.60. The molecule has 2 aromatic rings. The minimum Gasteiger partial charge on any atom is -0.329 e. The van der Waals surface area contributed by atoms with Gasteiger partial charge in [0.15, 0.2) is 0 Å². The Labute approximate surface area is 166 Å². The lowest BCUT2D eigenvalue weighted by atomic mass is 9.64. The van der Waals surface area contributed by atoms with E-state index in [9.17, 15) is 4.79 Å². The lowest BCUT2D eigenvalue weighted by molar-refractivity contribution is -0.0115. The van der Waals surface area contributed by atoms with Crippen molar-refractivity contribution in [3.8, 4) is 0 Å². The zero-order valence-electron chi connectivity index (χ0n) is 16.7. The number of carbonyl (C=O) groups is 1. The number of aromatic nitrogens is 2. The lowest BCUT2D eigenvalue weighted by Crippen LogP contribution is -2.62. The molecule has 5 rings (SSSR count). The second-order valence-electron chi connectivity index (χ2n) is 8.97. The Kier molecular flexibility index (Phi) is 4.23. The molecule has 146 valence electrons. The predicted octanol–water partition coefficient (Wildman–Crippen LogP) is 3.18. The predicted molar refractivity (Wildman–Crippen MR) is 108 cm³/mol. The number of benzene rings is 1. The molecule has 0 unspecified atom stereocenters. The van der Waals surface area contributed by atoms with Gasteiger partial charge in [0.1, 0.15) is 5.69 Å². The molecule has 3 fully saturated rings. The van der Waals surface area contributed by atoms with Crippen LogP contribution in [0.25, 0.3) is 0 Å². The number of hydrogen-bond donors (Lipinski definition) is 0. The maximum absolute atomic E-state index is 13.7. The summed E-state index contributed by atoms with van der Waals surface area (Å²) in [5.41, 5.74) is 1.93. The number of carbonyl (C=O) groups excluding carboxylic acids is 1. The van der Waals surface area contributed by atoms with E-state index >= 15 is 0 Å². The van der Waals surface area contributed by atoms with Crippen LogP contribution in [0.3, 0.4) is 0 Å². The number of hydrogen-bond acceptors (Lipinski definition) is 4. The highest BCUT2D eigenvalue weighted by Gasteiger charge is 2.62. The highest BCUT2D eigenvalue weighted by atomic mass is 16.2. The molecule has 0 spiro atoms. The van der Waals surface area contributed by atoms with Gasteiger partial charge in [-0.2, -0.15) is 0 Å². The molecule has 5 heteroatoms. The highest BCUT2D eigenvalue weighted by molar-refractivity contribution is 5.92. The molecule has 0 N–H and O–H groups in total. The quantitative estimate of drug-likeness (QED) is 0.826. The Morgan fingerprint density at radius 3 is 2.71 bits per heavy atom. The lowest BCUT2D eigenvalue weighted by Gasteiger charge is -2.53. The van der Waals surface area contributed by atoms with Gasteiger partial charge in [0.05, 0.1) is 12.2 Å². The third-order valence-corrected chi connectivity index (χ3v) is 7.58. The van der Waals surface area contributed by atoms with Crippen LogP contribution < -0.4 is 0 Å². The Morgan fingerprint density at radius 2 is 1.96 bits per heavy atom. The second kappa shape index (κ2) is 6.66. The fourth-order valence-electron chi connectivity index (χ4n) is 6.36. The summed E-state index contributed by atoms with van der Waals surface area (Å²) in [6.07, 6.45) is 10.5. The first-order valence-corrected chi connectivity index (χ1v) is 10.4. The molecule has 28 heavy (non-hydrogen) atoms. The largest absolute Gasteiger partial charge is 0.329 e. The van der Waals surface area contributed by atoms with E-state index in [-0.39, 0.29) is 23.4 Å². The molecule has 1 saturated carbocycles. The monoisotopic (exact) mass is 376 g/mol. The van der Waals surface area contributed by atoms with Gasteiger partial charge in [-0.1, -0.05) is 37.3 Å². The van der Waals surface area contributed by atoms with E-state index in [4.69, 9.17) is 0 Å². The van der Waals surface area contributed by atoms with E-state index in [1.54, 1.807) is 18.6 Å². The summed E-state index contributed by atoms with van der Waals surface area (Å²) in [6, 6.07) is 12.0. The molecule has 2 bridgehead atoms. The van der Waals surface area contributed by atoms with Crippen LogP contribution in [0.2, 0.25) is 0 Å². The first kappa shape index (κ1) is 17.8. The van der Waals surface area contributed by atoms with Crippen LogP contribution in [-0.2, 0) is 6.42 Å². The summed E-state index contributed by atoms with van der Waals surface area (Å²) in [5.74, 6) is 0.0471. The van der Waals surface area contributed by atoms with Crippen molar-refractivity contribution < 1.29 is 4.79 Å². The minimum absolute atomic E-state index is 0.0471. The van der Waals surface area contributed by atoms with Crippen LogP contribution in [-0.4, -0.2) is 56.9 Å². The molecule has 3 heterocycles. The number of nitrogens with zero attached hydrogens (tertiary/aromatic N) is 4. The highest BCUT2D eigenvalue weighted by Crippen LogP contribution is 2.56. The van der Waals surface area contributed by atoms with Crippen LogP contribution in [0.4, 0.5) is 0 Å². The van der Waals surface area contributed by atoms with Crippen molar-refractivity contribution in [3.63, 3.8) is 0 Å².